The molecule has 5 nitrogen and oxygen atoms in total. The van der Waals surface area contributed by atoms with Gasteiger partial charge < -0.3 is 10.2 Å². The summed E-state index contributed by atoms with van der Waals surface area (Å²) in [6.45, 7) is 3.82. The summed E-state index contributed by atoms with van der Waals surface area (Å²) in [4.78, 5) is 27.3. The molecule has 6 heteroatoms. The average molecular weight is 293 g/mol. The fourth-order valence-corrected chi connectivity index (χ4v) is 2.60. The highest BCUT2D eigenvalue weighted by molar-refractivity contribution is 5.87. The molecule has 0 radical (unpaired) electrons. The lowest BCUT2D eigenvalue weighted by Gasteiger charge is -2.40. The summed E-state index contributed by atoms with van der Waals surface area (Å²) in [6.07, 6.45) is 0. The molecular weight excluding hydrogens is 273 g/mol. The first-order valence-corrected chi connectivity index (χ1v) is 6.97. The van der Waals surface area contributed by atoms with E-state index in [1.54, 1.807) is 24.1 Å². The molecular formula is C15H20FN3O2. The van der Waals surface area contributed by atoms with Crippen molar-refractivity contribution in [3.8, 4) is 0 Å². The predicted octanol–water partition coefficient (Wildman–Crippen LogP) is 0.604. The molecule has 1 aliphatic heterocycles. The summed E-state index contributed by atoms with van der Waals surface area (Å²) in [5.74, 6) is -0.512. The van der Waals surface area contributed by atoms with Crippen LogP contribution in [0.3, 0.4) is 0 Å². The summed E-state index contributed by atoms with van der Waals surface area (Å²) in [5, 5.41) is 2.60. The molecule has 0 aliphatic carbocycles. The minimum absolute atomic E-state index is 0.0926. The third-order valence-electron chi connectivity index (χ3n) is 3.74. The Kier molecular flexibility index (Phi) is 4.90. The predicted molar refractivity (Wildman–Crippen MR) is 76.9 cm³/mol. The molecule has 1 aromatic rings. The summed E-state index contributed by atoms with van der Waals surface area (Å²) in [7, 11) is 1.57. The van der Waals surface area contributed by atoms with Crippen LogP contribution in [0.5, 0.6) is 0 Å². The molecule has 2 rings (SSSR count). The molecule has 2 amide bonds. The van der Waals surface area contributed by atoms with Gasteiger partial charge in [-0.05, 0) is 17.7 Å². The van der Waals surface area contributed by atoms with Crippen LogP contribution in [0.2, 0.25) is 0 Å². The highest BCUT2D eigenvalue weighted by atomic mass is 19.1. The van der Waals surface area contributed by atoms with Gasteiger partial charge in [0.2, 0.25) is 11.8 Å². The molecule has 0 bridgehead atoms. The Morgan fingerprint density at radius 3 is 2.52 bits per heavy atom. The van der Waals surface area contributed by atoms with Gasteiger partial charge in [0.1, 0.15) is 11.9 Å². The fraction of sp³-hybridized carbons (Fsp3) is 0.467. The van der Waals surface area contributed by atoms with Crippen LogP contribution < -0.4 is 5.32 Å². The number of carbonyl (C=O) groups is 2. The largest absolute Gasteiger partial charge is 0.357 e. The lowest BCUT2D eigenvalue weighted by molar-refractivity contribution is -0.142. The van der Waals surface area contributed by atoms with Crippen molar-refractivity contribution in [2.45, 2.75) is 19.5 Å². The molecule has 21 heavy (non-hydrogen) atoms. The molecule has 0 aromatic heterocycles. The monoisotopic (exact) mass is 293 g/mol. The van der Waals surface area contributed by atoms with Crippen LogP contribution in [0.4, 0.5) is 4.39 Å². The summed E-state index contributed by atoms with van der Waals surface area (Å²) >= 11 is 0. The first-order valence-electron chi connectivity index (χ1n) is 6.97. The Hall–Kier alpha value is -1.95. The number of piperazine rings is 1. The van der Waals surface area contributed by atoms with Crippen LogP contribution >= 0.6 is 0 Å². The second-order valence-electron chi connectivity index (χ2n) is 5.20. The normalized spacial score (nSPS) is 19.4. The smallest absolute Gasteiger partial charge is 0.243 e. The first kappa shape index (κ1) is 15.4. The summed E-state index contributed by atoms with van der Waals surface area (Å²) in [5.41, 5.74) is 0.989. The molecule has 0 spiro atoms. The lowest BCUT2D eigenvalue weighted by atomic mass is 10.1. The van der Waals surface area contributed by atoms with Gasteiger partial charge in [-0.2, -0.15) is 0 Å². The van der Waals surface area contributed by atoms with E-state index in [1.807, 2.05) is 0 Å². The van der Waals surface area contributed by atoms with Crippen LogP contribution in [-0.2, 0) is 16.1 Å². The third-order valence-corrected chi connectivity index (χ3v) is 3.74. The number of rotatable bonds is 3. The molecule has 0 unspecified atom stereocenters. The van der Waals surface area contributed by atoms with Crippen molar-refractivity contribution in [3.63, 3.8) is 0 Å². The minimum atomic E-state index is -0.471. The third kappa shape index (κ3) is 3.78. The van der Waals surface area contributed by atoms with Crippen molar-refractivity contribution in [1.29, 1.82) is 0 Å². The maximum absolute atomic E-state index is 12.9. The Labute approximate surface area is 123 Å². The van der Waals surface area contributed by atoms with Crippen LogP contribution in [0.1, 0.15) is 12.5 Å². The molecule has 1 aliphatic rings. The Morgan fingerprint density at radius 1 is 1.29 bits per heavy atom. The van der Waals surface area contributed by atoms with E-state index in [9.17, 15) is 14.0 Å². The number of halogens is 1. The van der Waals surface area contributed by atoms with Gasteiger partial charge in [-0.15, -0.1) is 0 Å². The van der Waals surface area contributed by atoms with E-state index < -0.39 is 6.04 Å². The fourth-order valence-electron chi connectivity index (χ4n) is 2.60. The molecule has 1 heterocycles. The highest BCUT2D eigenvalue weighted by Crippen LogP contribution is 2.14. The Morgan fingerprint density at radius 2 is 1.95 bits per heavy atom. The number of carbonyl (C=O) groups excluding carboxylic acids is 2. The highest BCUT2D eigenvalue weighted by Gasteiger charge is 2.33. The molecule has 1 saturated heterocycles. The molecule has 1 N–H and O–H groups in total. The van der Waals surface area contributed by atoms with Crippen LogP contribution in [-0.4, -0.2) is 54.3 Å². The first-order chi connectivity index (χ1) is 10.0. The van der Waals surface area contributed by atoms with E-state index >= 15 is 0 Å². The van der Waals surface area contributed by atoms with Crippen molar-refractivity contribution in [3.05, 3.63) is 35.6 Å². The summed E-state index contributed by atoms with van der Waals surface area (Å²) in [6, 6.07) is 5.86. The van der Waals surface area contributed by atoms with Gasteiger partial charge in [0, 0.05) is 40.2 Å². The molecule has 0 saturated carbocycles. The number of hydrogen-bond donors (Lipinski definition) is 1. The van der Waals surface area contributed by atoms with Crippen molar-refractivity contribution in [2.75, 3.05) is 26.7 Å². The van der Waals surface area contributed by atoms with E-state index in [4.69, 9.17) is 0 Å². The molecule has 1 aromatic carbocycles. The van der Waals surface area contributed by atoms with Gasteiger partial charge in [0.15, 0.2) is 0 Å². The Balaban J connectivity index is 2.05. The minimum Gasteiger partial charge on any atom is -0.357 e. The second kappa shape index (κ2) is 6.67. The van der Waals surface area contributed by atoms with Gasteiger partial charge in [0.05, 0.1) is 0 Å². The van der Waals surface area contributed by atoms with Gasteiger partial charge in [0.25, 0.3) is 0 Å². The van der Waals surface area contributed by atoms with Crippen molar-refractivity contribution >= 4 is 11.8 Å². The average Bonchev–Trinajstić information content (AvgIpc) is 2.48. The SMILES string of the molecule is CNC(=O)[C@@H]1CN(Cc2ccc(F)cc2)CCN1C(C)=O. The molecule has 114 valence electrons. The maximum atomic E-state index is 12.9. The van der Waals surface area contributed by atoms with E-state index in [0.717, 1.165) is 5.56 Å². The number of hydrogen-bond acceptors (Lipinski definition) is 3. The zero-order chi connectivity index (χ0) is 15.4. The topological polar surface area (TPSA) is 52.7 Å². The van der Waals surface area contributed by atoms with Crippen LogP contribution in [0.25, 0.3) is 0 Å². The lowest BCUT2D eigenvalue weighted by Crippen LogP contribution is -2.59. The van der Waals surface area contributed by atoms with E-state index in [0.29, 0.717) is 26.2 Å². The van der Waals surface area contributed by atoms with Crippen molar-refractivity contribution < 1.29 is 14.0 Å². The van der Waals surface area contributed by atoms with Crippen molar-refractivity contribution in [2.24, 2.45) is 0 Å². The zero-order valence-electron chi connectivity index (χ0n) is 12.3. The van der Waals surface area contributed by atoms with Crippen molar-refractivity contribution in [1.82, 2.24) is 15.1 Å². The number of amides is 2. The maximum Gasteiger partial charge on any atom is 0.243 e. The van der Waals surface area contributed by atoms with Crippen LogP contribution in [0, 0.1) is 5.82 Å². The van der Waals surface area contributed by atoms with E-state index in [2.05, 4.69) is 10.2 Å². The quantitative estimate of drug-likeness (QED) is 0.888. The van der Waals surface area contributed by atoms with E-state index in [1.165, 1.54) is 19.1 Å². The number of nitrogens with one attached hydrogen (secondary N) is 1. The van der Waals surface area contributed by atoms with Gasteiger partial charge >= 0.3 is 0 Å². The van der Waals surface area contributed by atoms with E-state index in [-0.39, 0.29) is 17.6 Å². The van der Waals surface area contributed by atoms with Gasteiger partial charge in [-0.25, -0.2) is 4.39 Å². The van der Waals surface area contributed by atoms with Gasteiger partial charge in [-0.3, -0.25) is 14.5 Å². The standard InChI is InChI=1S/C15H20FN3O2/c1-11(20)19-8-7-18(10-14(19)15(21)17-2)9-12-3-5-13(16)6-4-12/h3-6,14H,7-10H2,1-2H3,(H,17,21)/t14-/m0/s1. The van der Waals surface area contributed by atoms with Crippen LogP contribution in [0.15, 0.2) is 24.3 Å². The number of benzene rings is 1. The zero-order valence-corrected chi connectivity index (χ0v) is 12.3. The molecule has 1 fully saturated rings. The number of likely N-dealkylation sites (N-methyl/N-ethyl adjacent to an activating group) is 1. The Bertz CT molecular complexity index is 518. The second-order valence-corrected chi connectivity index (χ2v) is 5.20. The number of nitrogens with zero attached hydrogens (tertiary/aromatic N) is 2. The molecule has 1 atom stereocenters. The summed E-state index contributed by atoms with van der Waals surface area (Å²) < 4.78 is 12.9. The van der Waals surface area contributed by atoms with Gasteiger partial charge in [-0.1, -0.05) is 12.1 Å².